The monoisotopic (exact) mass is 317 g/mol. The van der Waals surface area contributed by atoms with Crippen LogP contribution in [0.15, 0.2) is 52.6 Å². The predicted molar refractivity (Wildman–Crippen MR) is 77.2 cm³/mol. The molecule has 0 N–H and O–H groups in total. The van der Waals surface area contributed by atoms with Crippen molar-refractivity contribution >= 4 is 43.8 Å². The van der Waals surface area contributed by atoms with E-state index in [0.717, 1.165) is 20.1 Å². The third-order valence-electron chi connectivity index (χ3n) is 2.70. The first-order valence-corrected chi connectivity index (χ1v) is 7.04. The number of fused-ring (bicyclic) bond motifs is 1. The molecule has 0 radical (unpaired) electrons. The lowest BCUT2D eigenvalue weighted by Gasteiger charge is -2.03. The van der Waals surface area contributed by atoms with Crippen molar-refractivity contribution in [3.63, 3.8) is 0 Å². The Morgan fingerprint density at radius 1 is 1.22 bits per heavy atom. The van der Waals surface area contributed by atoms with Gasteiger partial charge in [-0.25, -0.2) is 0 Å². The number of halogens is 1. The molecule has 0 atom stereocenters. The van der Waals surface area contributed by atoms with Crippen molar-refractivity contribution in [1.29, 1.82) is 0 Å². The summed E-state index contributed by atoms with van der Waals surface area (Å²) in [6.45, 7) is 0. The van der Waals surface area contributed by atoms with Gasteiger partial charge in [0.2, 0.25) is 5.78 Å². The first kappa shape index (κ1) is 11.6. The van der Waals surface area contributed by atoms with Crippen LogP contribution in [0.5, 0.6) is 0 Å². The molecule has 88 valence electrons. The molecule has 18 heavy (non-hydrogen) atoms. The van der Waals surface area contributed by atoms with Crippen LogP contribution in [0.1, 0.15) is 15.2 Å². The molecular formula is C14H8BrNOS. The molecule has 0 saturated heterocycles. The van der Waals surface area contributed by atoms with Gasteiger partial charge in [-0.2, -0.15) is 0 Å². The van der Waals surface area contributed by atoms with E-state index >= 15 is 0 Å². The normalized spacial score (nSPS) is 10.7. The van der Waals surface area contributed by atoms with E-state index < -0.39 is 0 Å². The number of carbonyl (C=O) groups excluding carboxylic acids is 1. The molecule has 0 aliphatic carbocycles. The van der Waals surface area contributed by atoms with Gasteiger partial charge in [-0.1, -0.05) is 24.3 Å². The second-order valence-electron chi connectivity index (χ2n) is 3.87. The fraction of sp³-hybridized carbons (Fsp3) is 0. The zero-order valence-corrected chi connectivity index (χ0v) is 11.7. The SMILES string of the molecule is O=C(c1cc(Br)cs1)c1cncc2ccccc12. The average molecular weight is 318 g/mol. The zero-order chi connectivity index (χ0) is 12.5. The molecule has 0 bridgehead atoms. The number of rotatable bonds is 2. The van der Waals surface area contributed by atoms with E-state index in [1.54, 1.807) is 12.4 Å². The van der Waals surface area contributed by atoms with E-state index in [1.807, 2.05) is 35.7 Å². The number of thiophene rings is 1. The number of pyridine rings is 1. The maximum absolute atomic E-state index is 12.4. The van der Waals surface area contributed by atoms with Crippen LogP contribution in [0.4, 0.5) is 0 Å². The van der Waals surface area contributed by atoms with Crippen molar-refractivity contribution in [3.05, 3.63) is 63.0 Å². The van der Waals surface area contributed by atoms with E-state index in [-0.39, 0.29) is 5.78 Å². The van der Waals surface area contributed by atoms with Gasteiger partial charge in [0, 0.05) is 33.2 Å². The van der Waals surface area contributed by atoms with Crippen molar-refractivity contribution in [2.75, 3.05) is 0 Å². The molecule has 0 fully saturated rings. The summed E-state index contributed by atoms with van der Waals surface area (Å²) < 4.78 is 0.934. The first-order valence-electron chi connectivity index (χ1n) is 5.37. The van der Waals surface area contributed by atoms with Gasteiger partial charge in [0.05, 0.1) is 4.88 Å². The Bertz CT molecular complexity index is 730. The first-order chi connectivity index (χ1) is 8.75. The van der Waals surface area contributed by atoms with Gasteiger partial charge in [-0.05, 0) is 27.4 Å². The summed E-state index contributed by atoms with van der Waals surface area (Å²) in [7, 11) is 0. The number of carbonyl (C=O) groups is 1. The quantitative estimate of drug-likeness (QED) is 0.660. The highest BCUT2D eigenvalue weighted by atomic mass is 79.9. The maximum atomic E-state index is 12.4. The Morgan fingerprint density at radius 2 is 2.06 bits per heavy atom. The largest absolute Gasteiger partial charge is 0.288 e. The van der Waals surface area contributed by atoms with Crippen molar-refractivity contribution < 1.29 is 4.79 Å². The summed E-state index contributed by atoms with van der Waals surface area (Å²) in [5, 5.41) is 3.84. The second-order valence-corrected chi connectivity index (χ2v) is 5.69. The lowest BCUT2D eigenvalue weighted by molar-refractivity contribution is 0.104. The summed E-state index contributed by atoms with van der Waals surface area (Å²) in [6.07, 6.45) is 3.41. The number of nitrogens with zero attached hydrogens (tertiary/aromatic N) is 1. The van der Waals surface area contributed by atoms with Gasteiger partial charge >= 0.3 is 0 Å². The van der Waals surface area contributed by atoms with Crippen LogP contribution in [0.3, 0.4) is 0 Å². The maximum Gasteiger partial charge on any atom is 0.205 e. The summed E-state index contributed by atoms with van der Waals surface area (Å²) in [6, 6.07) is 9.63. The van der Waals surface area contributed by atoms with E-state index in [9.17, 15) is 4.79 Å². The Hall–Kier alpha value is -1.52. The molecule has 3 rings (SSSR count). The fourth-order valence-electron chi connectivity index (χ4n) is 1.86. The van der Waals surface area contributed by atoms with Gasteiger partial charge in [0.1, 0.15) is 0 Å². The van der Waals surface area contributed by atoms with E-state index in [0.29, 0.717) is 5.56 Å². The molecule has 1 aromatic carbocycles. The second kappa shape index (κ2) is 4.63. The van der Waals surface area contributed by atoms with Crippen molar-refractivity contribution in [2.45, 2.75) is 0 Å². The topological polar surface area (TPSA) is 30.0 Å². The summed E-state index contributed by atoms with van der Waals surface area (Å²) in [4.78, 5) is 17.3. The molecule has 0 unspecified atom stereocenters. The molecule has 0 amide bonds. The minimum atomic E-state index is 0.0231. The number of hydrogen-bond donors (Lipinski definition) is 0. The van der Waals surface area contributed by atoms with Crippen LogP contribution in [-0.4, -0.2) is 10.8 Å². The van der Waals surface area contributed by atoms with E-state index in [2.05, 4.69) is 20.9 Å². The van der Waals surface area contributed by atoms with Crippen LogP contribution in [0, 0.1) is 0 Å². The van der Waals surface area contributed by atoms with Crippen molar-refractivity contribution in [1.82, 2.24) is 4.98 Å². The van der Waals surface area contributed by atoms with Crippen LogP contribution in [0.25, 0.3) is 10.8 Å². The van der Waals surface area contributed by atoms with Gasteiger partial charge in [-0.3, -0.25) is 9.78 Å². The van der Waals surface area contributed by atoms with Gasteiger partial charge < -0.3 is 0 Å². The number of aromatic nitrogens is 1. The van der Waals surface area contributed by atoms with Crippen LogP contribution >= 0.6 is 27.3 Å². The highest BCUT2D eigenvalue weighted by molar-refractivity contribution is 9.10. The van der Waals surface area contributed by atoms with Crippen molar-refractivity contribution in [3.8, 4) is 0 Å². The molecular weight excluding hydrogens is 310 g/mol. The smallest absolute Gasteiger partial charge is 0.205 e. The van der Waals surface area contributed by atoms with Gasteiger partial charge in [0.25, 0.3) is 0 Å². The van der Waals surface area contributed by atoms with Gasteiger partial charge in [0.15, 0.2) is 0 Å². The molecule has 0 aliphatic rings. The lowest BCUT2D eigenvalue weighted by Crippen LogP contribution is -2.00. The van der Waals surface area contributed by atoms with Crippen molar-refractivity contribution in [2.24, 2.45) is 0 Å². The molecule has 2 heterocycles. The van der Waals surface area contributed by atoms with E-state index in [4.69, 9.17) is 0 Å². The standard InChI is InChI=1S/C14H8BrNOS/c15-10-5-13(18-8-10)14(17)12-7-16-6-9-3-1-2-4-11(9)12/h1-8H. The highest BCUT2D eigenvalue weighted by Crippen LogP contribution is 2.25. The van der Waals surface area contributed by atoms with E-state index in [1.165, 1.54) is 11.3 Å². The molecule has 3 aromatic rings. The Labute approximate surface area is 116 Å². The average Bonchev–Trinajstić information content (AvgIpc) is 2.84. The summed E-state index contributed by atoms with van der Waals surface area (Å²) in [5.41, 5.74) is 0.655. The molecule has 2 nitrogen and oxygen atoms in total. The molecule has 2 aromatic heterocycles. The summed E-state index contributed by atoms with van der Waals surface area (Å²) >= 11 is 4.80. The number of benzene rings is 1. The van der Waals surface area contributed by atoms with Crippen LogP contribution < -0.4 is 0 Å². The number of ketones is 1. The third kappa shape index (κ3) is 1.98. The number of hydrogen-bond acceptors (Lipinski definition) is 3. The van der Waals surface area contributed by atoms with Gasteiger partial charge in [-0.15, -0.1) is 11.3 Å². The highest BCUT2D eigenvalue weighted by Gasteiger charge is 2.14. The Balaban J connectivity index is 2.17. The summed E-state index contributed by atoms with van der Waals surface area (Å²) in [5.74, 6) is 0.0231. The molecule has 0 spiro atoms. The minimum absolute atomic E-state index is 0.0231. The third-order valence-corrected chi connectivity index (χ3v) is 4.39. The Kier molecular flexibility index (Phi) is 2.97. The molecule has 0 saturated carbocycles. The molecule has 0 aliphatic heterocycles. The fourth-order valence-corrected chi connectivity index (χ4v) is 3.24. The zero-order valence-electron chi connectivity index (χ0n) is 9.26. The minimum Gasteiger partial charge on any atom is -0.288 e. The van der Waals surface area contributed by atoms with Crippen LogP contribution in [-0.2, 0) is 0 Å². The molecule has 4 heteroatoms. The predicted octanol–water partition coefficient (Wildman–Crippen LogP) is 4.29. The lowest BCUT2D eigenvalue weighted by atomic mass is 10.0. The Morgan fingerprint density at radius 3 is 2.83 bits per heavy atom. The van der Waals surface area contributed by atoms with Crippen LogP contribution in [0.2, 0.25) is 0 Å².